The predicted octanol–water partition coefficient (Wildman–Crippen LogP) is 3.55. The molecule has 0 unspecified atom stereocenters. The van der Waals surface area contributed by atoms with Gasteiger partial charge in [0.15, 0.2) is 0 Å². The van der Waals surface area contributed by atoms with Gasteiger partial charge in [-0.3, -0.25) is 10.1 Å². The van der Waals surface area contributed by atoms with Crippen LogP contribution < -0.4 is 0 Å². The van der Waals surface area contributed by atoms with Crippen LogP contribution in [0.5, 0.6) is 0 Å². The average Bonchev–Trinajstić information content (AvgIpc) is 2.87. The molecule has 0 fully saturated rings. The van der Waals surface area contributed by atoms with Gasteiger partial charge in [-0.05, 0) is 25.3 Å². The highest BCUT2D eigenvalue weighted by Crippen LogP contribution is 2.29. The zero-order valence-corrected chi connectivity index (χ0v) is 12.0. The maximum absolute atomic E-state index is 4.70. The molecule has 3 nitrogen and oxygen atoms in total. The standard InChI is InChI=1S/C16H21N3/c1-16(2,3)14-10-13(18-19-14)15-12-7-5-4-6-11(12)8-9-17-15/h5,7,10H,4,6,8-9H2,1-3H3,(H,18,19). The summed E-state index contributed by atoms with van der Waals surface area (Å²) in [5, 5.41) is 7.63. The maximum Gasteiger partial charge on any atom is 0.111 e. The molecule has 0 saturated carbocycles. The Hall–Kier alpha value is -1.64. The number of aromatic nitrogens is 2. The molecular formula is C16H21N3. The maximum atomic E-state index is 4.70. The summed E-state index contributed by atoms with van der Waals surface area (Å²) in [5.41, 5.74) is 6.18. The first-order valence-corrected chi connectivity index (χ1v) is 7.05. The Bertz CT molecular complexity index is 575. The van der Waals surface area contributed by atoms with Gasteiger partial charge in [-0.15, -0.1) is 0 Å². The largest absolute Gasteiger partial charge is 0.282 e. The van der Waals surface area contributed by atoms with Crippen molar-refractivity contribution in [3.8, 4) is 0 Å². The van der Waals surface area contributed by atoms with Crippen LogP contribution in [-0.2, 0) is 5.41 Å². The Morgan fingerprint density at radius 2 is 2.05 bits per heavy atom. The zero-order valence-electron chi connectivity index (χ0n) is 12.0. The number of nitrogens with zero attached hydrogens (tertiary/aromatic N) is 2. The normalized spacial score (nSPS) is 19.4. The van der Waals surface area contributed by atoms with Crippen molar-refractivity contribution in [2.45, 2.75) is 45.4 Å². The number of hydrogen-bond donors (Lipinski definition) is 1. The fourth-order valence-corrected chi connectivity index (χ4v) is 2.65. The molecule has 0 bridgehead atoms. The van der Waals surface area contributed by atoms with E-state index in [0.29, 0.717) is 0 Å². The molecule has 100 valence electrons. The molecule has 2 heterocycles. The Labute approximate surface area is 114 Å². The summed E-state index contributed by atoms with van der Waals surface area (Å²) >= 11 is 0. The highest BCUT2D eigenvalue weighted by Gasteiger charge is 2.23. The van der Waals surface area contributed by atoms with Crippen molar-refractivity contribution >= 4 is 5.71 Å². The van der Waals surface area contributed by atoms with E-state index < -0.39 is 0 Å². The summed E-state index contributed by atoms with van der Waals surface area (Å²) < 4.78 is 0. The summed E-state index contributed by atoms with van der Waals surface area (Å²) in [6.07, 6.45) is 7.93. The van der Waals surface area contributed by atoms with E-state index in [1.54, 1.807) is 5.57 Å². The van der Waals surface area contributed by atoms with Crippen LogP contribution in [0.25, 0.3) is 0 Å². The smallest absolute Gasteiger partial charge is 0.111 e. The number of aliphatic imine (C=N–C) groups is 1. The number of allylic oxidation sites excluding steroid dienone is 3. The van der Waals surface area contributed by atoms with Crippen LogP contribution in [0.3, 0.4) is 0 Å². The molecule has 0 saturated heterocycles. The number of dihydropyridines is 1. The van der Waals surface area contributed by atoms with Gasteiger partial charge in [-0.2, -0.15) is 5.10 Å². The molecule has 1 aliphatic carbocycles. The van der Waals surface area contributed by atoms with Crippen molar-refractivity contribution in [1.29, 1.82) is 0 Å². The lowest BCUT2D eigenvalue weighted by Crippen LogP contribution is -2.15. The van der Waals surface area contributed by atoms with Gasteiger partial charge in [0.05, 0.1) is 5.71 Å². The van der Waals surface area contributed by atoms with Crippen LogP contribution in [0.4, 0.5) is 0 Å². The second kappa shape index (κ2) is 4.48. The summed E-state index contributed by atoms with van der Waals surface area (Å²) in [6, 6.07) is 2.15. The van der Waals surface area contributed by atoms with Gasteiger partial charge in [0.25, 0.3) is 0 Å². The molecule has 3 heteroatoms. The van der Waals surface area contributed by atoms with Gasteiger partial charge in [-0.25, -0.2) is 0 Å². The lowest BCUT2D eigenvalue weighted by molar-refractivity contribution is 0.567. The molecule has 3 rings (SSSR count). The molecule has 1 N–H and O–H groups in total. The third kappa shape index (κ3) is 2.29. The Morgan fingerprint density at radius 3 is 2.79 bits per heavy atom. The molecule has 0 atom stereocenters. The lowest BCUT2D eigenvalue weighted by atomic mass is 9.88. The van der Waals surface area contributed by atoms with Crippen molar-refractivity contribution in [2.75, 3.05) is 6.54 Å². The summed E-state index contributed by atoms with van der Waals surface area (Å²) in [6.45, 7) is 7.48. The first kappa shape index (κ1) is 12.4. The molecule has 1 aliphatic heterocycles. The van der Waals surface area contributed by atoms with E-state index in [9.17, 15) is 0 Å². The quantitative estimate of drug-likeness (QED) is 0.819. The van der Waals surface area contributed by atoms with E-state index in [-0.39, 0.29) is 5.41 Å². The molecule has 0 aromatic carbocycles. The zero-order chi connectivity index (χ0) is 13.5. The van der Waals surface area contributed by atoms with Crippen LogP contribution in [-0.4, -0.2) is 22.5 Å². The molecule has 1 aromatic heterocycles. The average molecular weight is 255 g/mol. The van der Waals surface area contributed by atoms with E-state index in [1.807, 2.05) is 0 Å². The second-order valence-corrected chi connectivity index (χ2v) is 6.36. The Morgan fingerprint density at radius 1 is 1.21 bits per heavy atom. The van der Waals surface area contributed by atoms with E-state index in [2.05, 4.69) is 49.2 Å². The van der Waals surface area contributed by atoms with Crippen LogP contribution in [0.2, 0.25) is 0 Å². The Balaban J connectivity index is 1.98. The summed E-state index contributed by atoms with van der Waals surface area (Å²) in [4.78, 5) is 4.70. The predicted molar refractivity (Wildman–Crippen MR) is 78.7 cm³/mol. The van der Waals surface area contributed by atoms with Crippen LogP contribution in [0.15, 0.2) is 34.4 Å². The third-order valence-corrected chi connectivity index (χ3v) is 3.85. The van der Waals surface area contributed by atoms with E-state index in [0.717, 1.165) is 30.1 Å². The van der Waals surface area contributed by atoms with Crippen molar-refractivity contribution < 1.29 is 0 Å². The minimum Gasteiger partial charge on any atom is -0.282 e. The van der Waals surface area contributed by atoms with Gasteiger partial charge in [0.1, 0.15) is 5.69 Å². The monoisotopic (exact) mass is 255 g/mol. The highest BCUT2D eigenvalue weighted by molar-refractivity contribution is 6.14. The van der Waals surface area contributed by atoms with Crippen molar-refractivity contribution in [3.63, 3.8) is 0 Å². The second-order valence-electron chi connectivity index (χ2n) is 6.36. The van der Waals surface area contributed by atoms with Crippen LogP contribution in [0.1, 0.15) is 51.4 Å². The van der Waals surface area contributed by atoms with Gasteiger partial charge in [0.2, 0.25) is 0 Å². The number of hydrogen-bond acceptors (Lipinski definition) is 2. The van der Waals surface area contributed by atoms with Gasteiger partial charge < -0.3 is 0 Å². The van der Waals surface area contributed by atoms with E-state index >= 15 is 0 Å². The molecule has 19 heavy (non-hydrogen) atoms. The summed E-state index contributed by atoms with van der Waals surface area (Å²) in [7, 11) is 0. The fourth-order valence-electron chi connectivity index (χ4n) is 2.65. The molecule has 0 amide bonds. The fraction of sp³-hybridized carbons (Fsp3) is 0.500. The topological polar surface area (TPSA) is 41.0 Å². The lowest BCUT2D eigenvalue weighted by Gasteiger charge is -2.20. The molecule has 2 aliphatic rings. The first-order valence-electron chi connectivity index (χ1n) is 7.05. The molecule has 1 aromatic rings. The van der Waals surface area contributed by atoms with Crippen LogP contribution in [0, 0.1) is 0 Å². The third-order valence-electron chi connectivity index (χ3n) is 3.85. The minimum atomic E-state index is 0.0973. The Kier molecular flexibility index (Phi) is 2.92. The minimum absolute atomic E-state index is 0.0973. The highest BCUT2D eigenvalue weighted by atomic mass is 15.1. The van der Waals surface area contributed by atoms with Crippen molar-refractivity contribution in [3.05, 3.63) is 40.8 Å². The van der Waals surface area contributed by atoms with Gasteiger partial charge in [0, 0.05) is 23.2 Å². The SMILES string of the molecule is CC(C)(C)c1cc(C2=NCCC3=C2C=CCC3)n[nH]1. The molecule has 0 spiro atoms. The number of nitrogens with one attached hydrogen (secondary N) is 1. The first-order chi connectivity index (χ1) is 9.05. The van der Waals surface area contributed by atoms with Crippen LogP contribution >= 0.6 is 0 Å². The van der Waals surface area contributed by atoms with Crippen molar-refractivity contribution in [2.24, 2.45) is 4.99 Å². The molecular weight excluding hydrogens is 234 g/mol. The van der Waals surface area contributed by atoms with Gasteiger partial charge >= 0.3 is 0 Å². The number of aromatic amines is 1. The van der Waals surface area contributed by atoms with Crippen molar-refractivity contribution in [1.82, 2.24) is 10.2 Å². The number of H-pyrrole nitrogens is 1. The summed E-state index contributed by atoms with van der Waals surface area (Å²) in [5.74, 6) is 0. The number of rotatable bonds is 1. The van der Waals surface area contributed by atoms with Gasteiger partial charge in [-0.1, -0.05) is 38.5 Å². The molecule has 0 radical (unpaired) electrons. The van der Waals surface area contributed by atoms with E-state index in [4.69, 9.17) is 4.99 Å². The van der Waals surface area contributed by atoms with E-state index in [1.165, 1.54) is 18.4 Å².